The number of benzene rings is 1. The van der Waals surface area contributed by atoms with Crippen LogP contribution >= 0.6 is 11.8 Å². The van der Waals surface area contributed by atoms with Crippen LogP contribution in [0.25, 0.3) is 11.4 Å². The van der Waals surface area contributed by atoms with Crippen molar-refractivity contribution in [3.63, 3.8) is 0 Å². The summed E-state index contributed by atoms with van der Waals surface area (Å²) in [6.45, 7) is 6.37. The van der Waals surface area contributed by atoms with Gasteiger partial charge in [0, 0.05) is 24.7 Å². The normalized spacial score (nSPS) is 20.7. The maximum atomic E-state index is 12.7. The van der Waals surface area contributed by atoms with E-state index >= 15 is 0 Å². The van der Waals surface area contributed by atoms with Gasteiger partial charge in [-0.3, -0.25) is 4.79 Å². The molecule has 0 bridgehead atoms. The number of aromatic nitrogens is 3. The number of rotatable bonds is 4. The SMILES string of the molecule is Cc1ccccc1-c1nnc(SCC(=O)N2[C@H](C)CCC[C@@H]2C)n1C. The van der Waals surface area contributed by atoms with Gasteiger partial charge >= 0.3 is 0 Å². The number of amides is 1. The van der Waals surface area contributed by atoms with Gasteiger partial charge in [0.1, 0.15) is 0 Å². The van der Waals surface area contributed by atoms with Crippen LogP contribution in [-0.2, 0) is 11.8 Å². The zero-order chi connectivity index (χ0) is 18.0. The first kappa shape index (κ1) is 18.0. The third-order valence-electron chi connectivity index (χ3n) is 5.03. The summed E-state index contributed by atoms with van der Waals surface area (Å²) in [5, 5.41) is 9.41. The van der Waals surface area contributed by atoms with E-state index in [1.165, 1.54) is 23.7 Å². The smallest absolute Gasteiger partial charge is 0.233 e. The lowest BCUT2D eigenvalue weighted by Crippen LogP contribution is -2.48. The highest BCUT2D eigenvalue weighted by Crippen LogP contribution is 2.27. The number of hydrogen-bond acceptors (Lipinski definition) is 4. The Bertz CT molecular complexity index is 748. The second kappa shape index (κ2) is 7.60. The Kier molecular flexibility index (Phi) is 5.47. The highest BCUT2D eigenvalue weighted by Gasteiger charge is 2.29. The number of carbonyl (C=O) groups is 1. The number of nitrogens with zero attached hydrogens (tertiary/aromatic N) is 4. The minimum Gasteiger partial charge on any atom is -0.337 e. The Morgan fingerprint density at radius 1 is 1.20 bits per heavy atom. The highest BCUT2D eigenvalue weighted by molar-refractivity contribution is 7.99. The summed E-state index contributed by atoms with van der Waals surface area (Å²) >= 11 is 1.47. The van der Waals surface area contributed by atoms with Crippen molar-refractivity contribution in [2.24, 2.45) is 7.05 Å². The Morgan fingerprint density at radius 3 is 2.56 bits per heavy atom. The lowest BCUT2D eigenvalue weighted by molar-refractivity contribution is -0.134. The van der Waals surface area contributed by atoms with E-state index in [0.29, 0.717) is 17.8 Å². The predicted octanol–water partition coefficient (Wildman–Crippen LogP) is 3.67. The van der Waals surface area contributed by atoms with E-state index in [4.69, 9.17) is 0 Å². The molecule has 5 nitrogen and oxygen atoms in total. The molecule has 25 heavy (non-hydrogen) atoms. The average molecular weight is 359 g/mol. The van der Waals surface area contributed by atoms with Crippen LogP contribution in [0.3, 0.4) is 0 Å². The number of likely N-dealkylation sites (tertiary alicyclic amines) is 1. The largest absolute Gasteiger partial charge is 0.337 e. The molecule has 134 valence electrons. The molecule has 3 rings (SSSR count). The van der Waals surface area contributed by atoms with Crippen LogP contribution in [0, 0.1) is 6.92 Å². The predicted molar refractivity (Wildman–Crippen MR) is 102 cm³/mol. The lowest BCUT2D eigenvalue weighted by Gasteiger charge is -2.39. The first-order chi connectivity index (χ1) is 12.0. The van der Waals surface area contributed by atoms with Crippen molar-refractivity contribution < 1.29 is 4.79 Å². The first-order valence-corrected chi connectivity index (χ1v) is 9.87. The minimum atomic E-state index is 0.199. The number of piperidine rings is 1. The van der Waals surface area contributed by atoms with E-state index in [1.807, 2.05) is 23.7 Å². The molecular formula is C19H26N4OS. The zero-order valence-corrected chi connectivity index (χ0v) is 16.2. The van der Waals surface area contributed by atoms with Crippen molar-refractivity contribution in [1.82, 2.24) is 19.7 Å². The summed E-state index contributed by atoms with van der Waals surface area (Å²) in [5.74, 6) is 1.45. The van der Waals surface area contributed by atoms with E-state index in [-0.39, 0.29) is 5.91 Å². The summed E-state index contributed by atoms with van der Waals surface area (Å²) < 4.78 is 1.98. The Hall–Kier alpha value is -1.82. The number of carbonyl (C=O) groups excluding carboxylic acids is 1. The van der Waals surface area contributed by atoms with Gasteiger partial charge in [0.15, 0.2) is 11.0 Å². The minimum absolute atomic E-state index is 0.199. The van der Waals surface area contributed by atoms with Gasteiger partial charge in [-0.15, -0.1) is 10.2 Å². The van der Waals surface area contributed by atoms with Crippen molar-refractivity contribution in [2.75, 3.05) is 5.75 Å². The van der Waals surface area contributed by atoms with Crippen LogP contribution in [-0.4, -0.2) is 43.4 Å². The fraction of sp³-hybridized carbons (Fsp3) is 0.526. The topological polar surface area (TPSA) is 51.0 Å². The highest BCUT2D eigenvalue weighted by atomic mass is 32.2. The van der Waals surface area contributed by atoms with E-state index < -0.39 is 0 Å². The molecule has 0 radical (unpaired) electrons. The van der Waals surface area contributed by atoms with Crippen LogP contribution in [0.2, 0.25) is 0 Å². The zero-order valence-electron chi connectivity index (χ0n) is 15.4. The molecule has 1 aromatic carbocycles. The molecule has 2 atom stereocenters. The molecule has 0 saturated carbocycles. The Morgan fingerprint density at radius 2 is 1.88 bits per heavy atom. The number of aryl methyl sites for hydroxylation is 1. The third-order valence-corrected chi connectivity index (χ3v) is 6.03. The summed E-state index contributed by atoms with van der Waals surface area (Å²) in [7, 11) is 1.96. The van der Waals surface area contributed by atoms with Gasteiger partial charge in [0.25, 0.3) is 0 Å². The molecule has 1 aliphatic rings. The maximum absolute atomic E-state index is 12.7. The van der Waals surface area contributed by atoms with Crippen LogP contribution in [0.5, 0.6) is 0 Å². The van der Waals surface area contributed by atoms with Gasteiger partial charge in [-0.05, 0) is 45.6 Å². The van der Waals surface area contributed by atoms with Crippen molar-refractivity contribution in [3.8, 4) is 11.4 Å². The molecule has 1 aromatic heterocycles. The standard InChI is InChI=1S/C19H26N4OS/c1-13-8-5-6-11-16(13)18-20-21-19(22(18)4)25-12-17(24)23-14(2)9-7-10-15(23)3/h5-6,8,11,14-15H,7,9-10,12H2,1-4H3/t14-,15+. The van der Waals surface area contributed by atoms with E-state index in [1.54, 1.807) is 0 Å². The average Bonchev–Trinajstić information content (AvgIpc) is 2.94. The Labute approximate surface area is 153 Å². The monoisotopic (exact) mass is 358 g/mol. The summed E-state index contributed by atoms with van der Waals surface area (Å²) in [6.07, 6.45) is 3.41. The maximum Gasteiger partial charge on any atom is 0.233 e. The van der Waals surface area contributed by atoms with Gasteiger partial charge < -0.3 is 9.47 Å². The van der Waals surface area contributed by atoms with Gasteiger partial charge in [-0.1, -0.05) is 36.0 Å². The van der Waals surface area contributed by atoms with Crippen molar-refractivity contribution in [1.29, 1.82) is 0 Å². The molecule has 1 fully saturated rings. The second-order valence-electron chi connectivity index (χ2n) is 6.90. The molecule has 0 N–H and O–H groups in total. The molecule has 1 amide bonds. The quantitative estimate of drug-likeness (QED) is 0.783. The second-order valence-corrected chi connectivity index (χ2v) is 7.84. The molecule has 1 aliphatic heterocycles. The van der Waals surface area contributed by atoms with E-state index in [2.05, 4.69) is 48.0 Å². The lowest BCUT2D eigenvalue weighted by atomic mass is 9.98. The van der Waals surface area contributed by atoms with Gasteiger partial charge in [0.2, 0.25) is 5.91 Å². The summed E-state index contributed by atoms with van der Waals surface area (Å²) in [6, 6.07) is 8.81. The fourth-order valence-electron chi connectivity index (χ4n) is 3.61. The molecular weight excluding hydrogens is 332 g/mol. The molecule has 0 spiro atoms. The summed E-state index contributed by atoms with van der Waals surface area (Å²) in [5.41, 5.74) is 2.25. The Balaban J connectivity index is 1.70. The van der Waals surface area contributed by atoms with Crippen LogP contribution in [0.4, 0.5) is 0 Å². The number of thioether (sulfide) groups is 1. The third kappa shape index (κ3) is 3.73. The molecule has 1 saturated heterocycles. The van der Waals surface area contributed by atoms with Crippen LogP contribution < -0.4 is 0 Å². The van der Waals surface area contributed by atoms with Gasteiger partial charge in [-0.25, -0.2) is 0 Å². The van der Waals surface area contributed by atoms with Crippen molar-refractivity contribution >= 4 is 17.7 Å². The van der Waals surface area contributed by atoms with Crippen LogP contribution in [0.15, 0.2) is 29.4 Å². The van der Waals surface area contributed by atoms with Crippen molar-refractivity contribution in [3.05, 3.63) is 29.8 Å². The number of hydrogen-bond donors (Lipinski definition) is 0. The molecule has 6 heteroatoms. The molecule has 2 aromatic rings. The van der Waals surface area contributed by atoms with Gasteiger partial charge in [-0.2, -0.15) is 0 Å². The first-order valence-electron chi connectivity index (χ1n) is 8.88. The molecule has 0 unspecified atom stereocenters. The van der Waals surface area contributed by atoms with Crippen LogP contribution in [0.1, 0.15) is 38.7 Å². The van der Waals surface area contributed by atoms with E-state index in [9.17, 15) is 4.79 Å². The summed E-state index contributed by atoms with van der Waals surface area (Å²) in [4.78, 5) is 14.7. The molecule has 2 heterocycles. The fourth-order valence-corrected chi connectivity index (χ4v) is 4.39. The molecule has 0 aliphatic carbocycles. The van der Waals surface area contributed by atoms with E-state index in [0.717, 1.165) is 29.4 Å². The van der Waals surface area contributed by atoms with Gasteiger partial charge in [0.05, 0.1) is 5.75 Å². The van der Waals surface area contributed by atoms with Crippen molar-refractivity contribution in [2.45, 2.75) is 57.3 Å².